The van der Waals surface area contributed by atoms with Gasteiger partial charge in [0.25, 0.3) is 0 Å². The van der Waals surface area contributed by atoms with Crippen molar-refractivity contribution >= 4 is 17.9 Å². The SMILES string of the molecule is CC/C=C\C/C=C\C/C=C\C/C=C\C/C=C\C/C=C\C/C=C\CCCC(=O)OC(COC(=O)CCCCCCC/C=C\C/C=C\CCC)COC(=O)CCCCCCCCCCCCCC/C=C\C/C=C\C/C=C\CCCCCCC. The van der Waals surface area contributed by atoms with Gasteiger partial charge in [-0.25, -0.2) is 0 Å². The molecule has 1 unspecified atom stereocenters. The van der Waals surface area contributed by atoms with Gasteiger partial charge in [-0.3, -0.25) is 14.4 Å². The molecule has 0 rings (SSSR count). The van der Waals surface area contributed by atoms with Crippen LogP contribution in [-0.4, -0.2) is 37.2 Å². The van der Waals surface area contributed by atoms with Gasteiger partial charge in [-0.1, -0.05) is 282 Å². The number of rotatable bonds is 59. The predicted octanol–water partition coefficient (Wildman–Crippen LogP) is 23.1. The molecule has 0 aromatic rings. The molecule has 0 aromatic carbocycles. The molecule has 0 heterocycles. The van der Waals surface area contributed by atoms with Crippen molar-refractivity contribution in [3.05, 3.63) is 146 Å². The van der Waals surface area contributed by atoms with Crippen molar-refractivity contribution in [1.29, 1.82) is 0 Å². The summed E-state index contributed by atoms with van der Waals surface area (Å²) in [7, 11) is 0. The fourth-order valence-electron chi connectivity index (χ4n) is 8.83. The third-order valence-electron chi connectivity index (χ3n) is 13.8. The Labute approximate surface area is 499 Å². The van der Waals surface area contributed by atoms with Gasteiger partial charge < -0.3 is 14.2 Å². The van der Waals surface area contributed by atoms with Crippen molar-refractivity contribution in [2.75, 3.05) is 13.2 Å². The molecule has 0 aliphatic rings. The highest BCUT2D eigenvalue weighted by Crippen LogP contribution is 2.15. The van der Waals surface area contributed by atoms with Crippen LogP contribution in [0.15, 0.2) is 146 Å². The number of carbonyl (C=O) groups excluding carboxylic acids is 3. The maximum atomic E-state index is 12.9. The molecule has 6 nitrogen and oxygen atoms in total. The lowest BCUT2D eigenvalue weighted by atomic mass is 10.0. The first kappa shape index (κ1) is 76.3. The zero-order chi connectivity index (χ0) is 58.5. The van der Waals surface area contributed by atoms with Crippen LogP contribution in [0.3, 0.4) is 0 Å². The molecule has 6 heteroatoms. The Balaban J connectivity index is 4.42. The van der Waals surface area contributed by atoms with Gasteiger partial charge in [0.2, 0.25) is 0 Å². The predicted molar refractivity (Wildman–Crippen MR) is 352 cm³/mol. The second kappa shape index (κ2) is 67.8. The van der Waals surface area contributed by atoms with E-state index in [-0.39, 0.29) is 37.5 Å². The highest BCUT2D eigenvalue weighted by Gasteiger charge is 2.19. The van der Waals surface area contributed by atoms with Crippen molar-refractivity contribution in [3.8, 4) is 0 Å². The van der Waals surface area contributed by atoms with Crippen molar-refractivity contribution in [2.24, 2.45) is 0 Å². The summed E-state index contributed by atoms with van der Waals surface area (Å²) in [5, 5.41) is 0. The summed E-state index contributed by atoms with van der Waals surface area (Å²) in [5.74, 6) is -0.987. The third-order valence-corrected chi connectivity index (χ3v) is 13.8. The van der Waals surface area contributed by atoms with Gasteiger partial charge in [-0.2, -0.15) is 0 Å². The minimum absolute atomic E-state index is 0.111. The molecule has 1 atom stereocenters. The van der Waals surface area contributed by atoms with E-state index in [1.54, 1.807) is 0 Å². The van der Waals surface area contributed by atoms with E-state index >= 15 is 0 Å². The first-order valence-electron chi connectivity index (χ1n) is 33.3. The highest BCUT2D eigenvalue weighted by atomic mass is 16.6. The Hall–Kier alpha value is -4.71. The number of esters is 3. The molecular weight excluding hydrogens is 997 g/mol. The number of hydrogen-bond donors (Lipinski definition) is 0. The van der Waals surface area contributed by atoms with Gasteiger partial charge in [0.1, 0.15) is 13.2 Å². The minimum Gasteiger partial charge on any atom is -0.462 e. The van der Waals surface area contributed by atoms with Crippen molar-refractivity contribution < 1.29 is 28.6 Å². The molecule has 0 aliphatic carbocycles. The van der Waals surface area contributed by atoms with E-state index in [0.29, 0.717) is 19.3 Å². The van der Waals surface area contributed by atoms with Gasteiger partial charge >= 0.3 is 17.9 Å². The van der Waals surface area contributed by atoms with E-state index in [4.69, 9.17) is 14.2 Å². The molecule has 0 radical (unpaired) electrons. The Bertz CT molecular complexity index is 1760. The van der Waals surface area contributed by atoms with E-state index in [1.807, 2.05) is 0 Å². The average molecular weight is 1120 g/mol. The normalized spacial score (nSPS) is 13.1. The summed E-state index contributed by atoms with van der Waals surface area (Å²) < 4.78 is 16.9. The maximum Gasteiger partial charge on any atom is 0.306 e. The van der Waals surface area contributed by atoms with Gasteiger partial charge in [-0.15, -0.1) is 0 Å². The van der Waals surface area contributed by atoms with Gasteiger partial charge in [0.15, 0.2) is 6.10 Å². The molecule has 458 valence electrons. The Kier molecular flexibility index (Phi) is 63.9. The van der Waals surface area contributed by atoms with Crippen LogP contribution in [0.5, 0.6) is 0 Å². The van der Waals surface area contributed by atoms with Crippen LogP contribution in [0.4, 0.5) is 0 Å². The number of unbranched alkanes of at least 4 members (excludes halogenated alkanes) is 24. The molecular formula is C75H122O6. The van der Waals surface area contributed by atoms with E-state index in [0.717, 1.165) is 135 Å². The van der Waals surface area contributed by atoms with Gasteiger partial charge in [0.05, 0.1) is 0 Å². The number of hydrogen-bond acceptors (Lipinski definition) is 6. The fourth-order valence-corrected chi connectivity index (χ4v) is 8.83. The molecule has 0 aliphatic heterocycles. The molecule has 0 saturated heterocycles. The van der Waals surface area contributed by atoms with Crippen LogP contribution in [0.25, 0.3) is 0 Å². The van der Waals surface area contributed by atoms with E-state index in [1.165, 1.54) is 109 Å². The lowest BCUT2D eigenvalue weighted by molar-refractivity contribution is -0.167. The molecule has 0 spiro atoms. The van der Waals surface area contributed by atoms with Crippen LogP contribution < -0.4 is 0 Å². The standard InChI is InChI=1S/C75H122O6/c1-4-7-10-13-16-19-22-25-27-29-31-33-35-36-37-38-40-41-43-45-47-50-53-56-59-62-65-68-74(77)80-71-72(70-79-73(76)67-64-61-58-55-52-49-24-21-18-15-12-9-6-3)81-75(78)69-66-63-60-57-54-51-48-46-44-42-39-34-32-30-28-26-23-20-17-14-11-8-5-2/h8,11-12,15,17,20-22,24-26,28-29,31-32,34-36,42,44,48,51,57,60,72H,4-7,9-10,13-14,16,18-19,23,27,30,33,37-41,43,45-47,49-50,52-56,58-59,61-71H2,1-3H3/b11-8-,15-12-,20-17-,24-21-,25-22-,28-26-,31-29-,34-32-,36-35-,44-42-,51-48-,60-57-. The molecule has 0 N–H and O–H groups in total. The quantitative estimate of drug-likeness (QED) is 0.0261. The van der Waals surface area contributed by atoms with E-state index in [2.05, 4.69) is 167 Å². The highest BCUT2D eigenvalue weighted by molar-refractivity contribution is 5.71. The second-order valence-electron chi connectivity index (χ2n) is 21.6. The fraction of sp³-hybridized carbons (Fsp3) is 0.640. The summed E-state index contributed by atoms with van der Waals surface area (Å²) >= 11 is 0. The first-order valence-corrected chi connectivity index (χ1v) is 33.3. The summed E-state index contributed by atoms with van der Waals surface area (Å²) in [6.07, 6.45) is 97.2. The molecule has 0 aromatic heterocycles. The number of ether oxygens (including phenoxy) is 3. The van der Waals surface area contributed by atoms with E-state index < -0.39 is 6.10 Å². The molecule has 0 saturated carbocycles. The Morgan fingerprint density at radius 1 is 0.259 bits per heavy atom. The Morgan fingerprint density at radius 3 is 0.840 bits per heavy atom. The lowest BCUT2D eigenvalue weighted by Gasteiger charge is -2.18. The van der Waals surface area contributed by atoms with Gasteiger partial charge in [0, 0.05) is 19.3 Å². The molecule has 0 bridgehead atoms. The smallest absolute Gasteiger partial charge is 0.306 e. The average Bonchev–Trinajstić information content (AvgIpc) is 3.46. The van der Waals surface area contributed by atoms with Crippen LogP contribution in [-0.2, 0) is 28.6 Å². The largest absolute Gasteiger partial charge is 0.462 e. The summed E-state index contributed by atoms with van der Waals surface area (Å²) in [4.78, 5) is 38.3. The van der Waals surface area contributed by atoms with Gasteiger partial charge in [-0.05, 0) is 135 Å². The van der Waals surface area contributed by atoms with Crippen LogP contribution >= 0.6 is 0 Å². The summed E-state index contributed by atoms with van der Waals surface area (Å²) in [6.45, 7) is 6.40. The Morgan fingerprint density at radius 2 is 0.519 bits per heavy atom. The van der Waals surface area contributed by atoms with Crippen LogP contribution in [0.1, 0.15) is 290 Å². The molecule has 81 heavy (non-hydrogen) atoms. The number of carbonyl (C=O) groups is 3. The second-order valence-corrected chi connectivity index (χ2v) is 21.6. The maximum absolute atomic E-state index is 12.9. The van der Waals surface area contributed by atoms with E-state index in [9.17, 15) is 14.4 Å². The summed E-state index contributed by atoms with van der Waals surface area (Å²) in [5.41, 5.74) is 0. The number of allylic oxidation sites excluding steroid dienone is 24. The van der Waals surface area contributed by atoms with Crippen LogP contribution in [0.2, 0.25) is 0 Å². The molecule has 0 amide bonds. The lowest BCUT2D eigenvalue weighted by Crippen LogP contribution is -2.30. The van der Waals surface area contributed by atoms with Crippen LogP contribution in [0, 0.1) is 0 Å². The van der Waals surface area contributed by atoms with Crippen molar-refractivity contribution in [2.45, 2.75) is 297 Å². The van der Waals surface area contributed by atoms with Crippen molar-refractivity contribution in [3.63, 3.8) is 0 Å². The third kappa shape index (κ3) is 66.0. The first-order chi connectivity index (χ1) is 40.0. The topological polar surface area (TPSA) is 78.9 Å². The summed E-state index contributed by atoms with van der Waals surface area (Å²) in [6, 6.07) is 0. The minimum atomic E-state index is -0.823. The zero-order valence-corrected chi connectivity index (χ0v) is 52.5. The van der Waals surface area contributed by atoms with Crippen molar-refractivity contribution in [1.82, 2.24) is 0 Å². The molecule has 0 fully saturated rings. The zero-order valence-electron chi connectivity index (χ0n) is 52.5. The monoisotopic (exact) mass is 1120 g/mol.